The molecule has 2 aromatic heterocycles. The van der Waals surface area contributed by atoms with Crippen molar-refractivity contribution in [2.24, 2.45) is 7.05 Å². The Labute approximate surface area is 131 Å². The van der Waals surface area contributed by atoms with E-state index >= 15 is 0 Å². The third-order valence-corrected chi connectivity index (χ3v) is 3.91. The molecule has 0 unspecified atom stereocenters. The van der Waals surface area contributed by atoms with Crippen LogP contribution in [0.2, 0.25) is 0 Å². The summed E-state index contributed by atoms with van der Waals surface area (Å²) < 4.78 is 3.05. The SMILES string of the molecule is Cc1nn(C)c2ncc(CNc3cccc(I)c3)cc12. The summed E-state index contributed by atoms with van der Waals surface area (Å²) in [4.78, 5) is 4.49. The molecule has 0 spiro atoms. The number of benzene rings is 1. The molecule has 3 aromatic rings. The summed E-state index contributed by atoms with van der Waals surface area (Å²) in [7, 11) is 1.92. The number of pyridine rings is 1. The summed E-state index contributed by atoms with van der Waals surface area (Å²) in [6, 6.07) is 10.5. The van der Waals surface area contributed by atoms with Gasteiger partial charge in [0, 0.05) is 34.4 Å². The van der Waals surface area contributed by atoms with E-state index < -0.39 is 0 Å². The average Bonchev–Trinajstić information content (AvgIpc) is 2.72. The summed E-state index contributed by atoms with van der Waals surface area (Å²) in [6.45, 7) is 2.78. The highest BCUT2D eigenvalue weighted by Crippen LogP contribution is 2.18. The molecule has 2 heterocycles. The van der Waals surface area contributed by atoms with Crippen LogP contribution >= 0.6 is 22.6 Å². The van der Waals surface area contributed by atoms with Gasteiger partial charge in [-0.25, -0.2) is 4.98 Å². The number of fused-ring (bicyclic) bond motifs is 1. The van der Waals surface area contributed by atoms with Crippen LogP contribution in [-0.2, 0) is 13.6 Å². The van der Waals surface area contributed by atoms with Gasteiger partial charge >= 0.3 is 0 Å². The van der Waals surface area contributed by atoms with Crippen molar-refractivity contribution in [1.82, 2.24) is 14.8 Å². The van der Waals surface area contributed by atoms with Crippen LogP contribution in [-0.4, -0.2) is 14.8 Å². The Kier molecular flexibility index (Phi) is 3.60. The predicted octanol–water partition coefficient (Wildman–Crippen LogP) is 3.49. The van der Waals surface area contributed by atoms with E-state index in [0.717, 1.165) is 34.5 Å². The number of hydrogen-bond acceptors (Lipinski definition) is 3. The summed E-state index contributed by atoms with van der Waals surface area (Å²) in [5.41, 5.74) is 4.24. The Balaban J connectivity index is 1.83. The number of rotatable bonds is 3. The first-order valence-electron chi connectivity index (χ1n) is 6.41. The molecule has 5 heteroatoms. The van der Waals surface area contributed by atoms with Gasteiger partial charge in [-0.15, -0.1) is 0 Å². The minimum Gasteiger partial charge on any atom is -0.381 e. The summed E-state index contributed by atoms with van der Waals surface area (Å²) >= 11 is 2.32. The predicted molar refractivity (Wildman–Crippen MR) is 89.7 cm³/mol. The molecule has 3 rings (SSSR count). The Bertz CT molecular complexity index is 764. The summed E-state index contributed by atoms with van der Waals surface area (Å²) in [6.07, 6.45) is 1.91. The Morgan fingerprint density at radius 3 is 2.95 bits per heavy atom. The fraction of sp³-hybridized carbons (Fsp3) is 0.200. The van der Waals surface area contributed by atoms with Crippen molar-refractivity contribution in [3.05, 3.63) is 51.4 Å². The molecule has 0 bridgehead atoms. The number of halogens is 1. The van der Waals surface area contributed by atoms with E-state index in [-0.39, 0.29) is 0 Å². The van der Waals surface area contributed by atoms with Gasteiger partial charge in [0.15, 0.2) is 5.65 Å². The van der Waals surface area contributed by atoms with Crippen molar-refractivity contribution in [2.45, 2.75) is 13.5 Å². The Hall–Kier alpha value is -1.63. The lowest BCUT2D eigenvalue weighted by Gasteiger charge is -2.07. The summed E-state index contributed by atoms with van der Waals surface area (Å²) in [5, 5.41) is 8.93. The van der Waals surface area contributed by atoms with Gasteiger partial charge in [0.25, 0.3) is 0 Å². The normalized spacial score (nSPS) is 10.9. The second-order valence-electron chi connectivity index (χ2n) is 4.79. The van der Waals surface area contributed by atoms with Crippen molar-refractivity contribution >= 4 is 39.3 Å². The van der Waals surface area contributed by atoms with Gasteiger partial charge in [0.2, 0.25) is 0 Å². The highest BCUT2D eigenvalue weighted by atomic mass is 127. The minimum atomic E-state index is 0.761. The molecule has 0 fully saturated rings. The maximum atomic E-state index is 4.49. The van der Waals surface area contributed by atoms with Gasteiger partial charge in [0.05, 0.1) is 5.69 Å². The molecular weight excluding hydrogens is 363 g/mol. The monoisotopic (exact) mass is 378 g/mol. The average molecular weight is 378 g/mol. The zero-order valence-corrected chi connectivity index (χ0v) is 13.5. The van der Waals surface area contributed by atoms with Crippen LogP contribution in [0.3, 0.4) is 0 Å². The number of hydrogen-bond donors (Lipinski definition) is 1. The Morgan fingerprint density at radius 1 is 1.30 bits per heavy atom. The highest BCUT2D eigenvalue weighted by Gasteiger charge is 2.06. The van der Waals surface area contributed by atoms with E-state index in [4.69, 9.17) is 0 Å². The molecule has 1 aromatic carbocycles. The fourth-order valence-electron chi connectivity index (χ4n) is 2.25. The molecule has 4 nitrogen and oxygen atoms in total. The Morgan fingerprint density at radius 2 is 2.15 bits per heavy atom. The third kappa shape index (κ3) is 2.63. The first-order chi connectivity index (χ1) is 9.63. The molecule has 0 saturated heterocycles. The largest absolute Gasteiger partial charge is 0.381 e. The quantitative estimate of drug-likeness (QED) is 0.710. The van der Waals surface area contributed by atoms with Crippen molar-refractivity contribution in [2.75, 3.05) is 5.32 Å². The molecule has 1 N–H and O–H groups in total. The van der Waals surface area contributed by atoms with E-state index in [1.807, 2.05) is 24.9 Å². The molecule has 0 saturated carbocycles. The molecule has 0 aliphatic carbocycles. The lowest BCUT2D eigenvalue weighted by atomic mass is 10.2. The van der Waals surface area contributed by atoms with E-state index in [1.165, 1.54) is 3.57 Å². The molecule has 0 aliphatic rings. The van der Waals surface area contributed by atoms with Crippen LogP contribution in [0.4, 0.5) is 5.69 Å². The molecule has 0 aliphatic heterocycles. The van der Waals surface area contributed by atoms with Crippen LogP contribution in [0.15, 0.2) is 36.5 Å². The molecule has 0 radical (unpaired) electrons. The minimum absolute atomic E-state index is 0.761. The molecule has 20 heavy (non-hydrogen) atoms. The van der Waals surface area contributed by atoms with Gasteiger partial charge in [-0.2, -0.15) is 5.10 Å². The van der Waals surface area contributed by atoms with Gasteiger partial charge < -0.3 is 5.32 Å². The van der Waals surface area contributed by atoms with Gasteiger partial charge in [-0.05, 0) is 59.3 Å². The maximum Gasteiger partial charge on any atom is 0.157 e. The van der Waals surface area contributed by atoms with E-state index in [1.54, 1.807) is 0 Å². The van der Waals surface area contributed by atoms with Crippen LogP contribution in [0.1, 0.15) is 11.3 Å². The first kappa shape index (κ1) is 13.4. The van der Waals surface area contributed by atoms with Crippen LogP contribution in [0.25, 0.3) is 11.0 Å². The standard InChI is InChI=1S/C15H15IN4/c1-10-14-6-11(9-18-15(14)20(2)19-10)8-17-13-5-3-4-12(16)7-13/h3-7,9,17H,8H2,1-2H3. The van der Waals surface area contributed by atoms with Crippen molar-refractivity contribution < 1.29 is 0 Å². The topological polar surface area (TPSA) is 42.7 Å². The number of anilines is 1. The third-order valence-electron chi connectivity index (χ3n) is 3.24. The summed E-state index contributed by atoms with van der Waals surface area (Å²) in [5.74, 6) is 0. The maximum absolute atomic E-state index is 4.49. The molecule has 0 atom stereocenters. The smallest absolute Gasteiger partial charge is 0.157 e. The number of nitrogens with zero attached hydrogens (tertiary/aromatic N) is 3. The van der Waals surface area contributed by atoms with Crippen molar-refractivity contribution in [1.29, 1.82) is 0 Å². The van der Waals surface area contributed by atoms with Crippen molar-refractivity contribution in [3.63, 3.8) is 0 Å². The zero-order chi connectivity index (χ0) is 14.1. The number of aryl methyl sites for hydroxylation is 2. The van der Waals surface area contributed by atoms with Crippen molar-refractivity contribution in [3.8, 4) is 0 Å². The second-order valence-corrected chi connectivity index (χ2v) is 6.03. The lowest BCUT2D eigenvalue weighted by molar-refractivity contribution is 0.773. The lowest BCUT2D eigenvalue weighted by Crippen LogP contribution is -2.00. The molecule has 0 amide bonds. The fourth-order valence-corrected chi connectivity index (χ4v) is 2.79. The van der Waals surface area contributed by atoms with Gasteiger partial charge in [-0.3, -0.25) is 4.68 Å². The number of aromatic nitrogens is 3. The highest BCUT2D eigenvalue weighted by molar-refractivity contribution is 14.1. The van der Waals surface area contributed by atoms with Gasteiger partial charge in [0.1, 0.15) is 0 Å². The van der Waals surface area contributed by atoms with E-state index in [2.05, 4.69) is 68.3 Å². The van der Waals surface area contributed by atoms with E-state index in [0.29, 0.717) is 0 Å². The molecule has 102 valence electrons. The zero-order valence-electron chi connectivity index (χ0n) is 11.4. The van der Waals surface area contributed by atoms with Gasteiger partial charge in [-0.1, -0.05) is 6.07 Å². The van der Waals surface area contributed by atoms with Crippen LogP contribution in [0, 0.1) is 10.5 Å². The first-order valence-corrected chi connectivity index (χ1v) is 7.49. The van der Waals surface area contributed by atoms with Crippen LogP contribution in [0.5, 0.6) is 0 Å². The van der Waals surface area contributed by atoms with Crippen LogP contribution < -0.4 is 5.32 Å². The van der Waals surface area contributed by atoms with E-state index in [9.17, 15) is 0 Å². The molecular formula is C15H15IN4. The number of nitrogens with one attached hydrogen (secondary N) is 1. The second kappa shape index (κ2) is 5.40.